The van der Waals surface area contributed by atoms with Gasteiger partial charge < -0.3 is 19.3 Å². The van der Waals surface area contributed by atoms with Gasteiger partial charge in [-0.2, -0.15) is 0 Å². The minimum atomic E-state index is -4.77. The summed E-state index contributed by atoms with van der Waals surface area (Å²) in [6.45, 7) is 3.51. The second-order valence-electron chi connectivity index (χ2n) is 14.3. The predicted molar refractivity (Wildman–Crippen MR) is 217 cm³/mol. The van der Waals surface area contributed by atoms with Crippen LogP contribution in [-0.2, 0) is 32.9 Å². The van der Waals surface area contributed by atoms with Crippen molar-refractivity contribution in [1.29, 1.82) is 0 Å². The van der Waals surface area contributed by atoms with Crippen molar-refractivity contribution < 1.29 is 42.7 Å². The van der Waals surface area contributed by atoms with E-state index in [9.17, 15) is 18.9 Å². The first-order valence-electron chi connectivity index (χ1n) is 21.2. The summed E-state index contributed by atoms with van der Waals surface area (Å²) in [6, 6.07) is 0. The standard InChI is InChI=1S/C43H77O9P/c1-3-5-7-8-9-10-11-12-13-14-15-16-17-18-19-22-26-29-33-37-43(46)52-41(39-51-53(47,48)49)38-50-42(45)36-32-28-25-23-20-21-24-27-31-35-40(44)34-30-6-4-2/h12-13,24,27,31,35,41H,3-11,14-23,25-26,28-30,32-34,36-39H2,1-2H3,(H2,47,48,49)/b13-12-,27-24-,35-31+/t41-/m1/s1. The number of carbonyl (C=O) groups is 3. The second kappa shape index (κ2) is 38.2. The van der Waals surface area contributed by atoms with Crippen molar-refractivity contribution in [2.45, 2.75) is 206 Å². The van der Waals surface area contributed by atoms with Crippen molar-refractivity contribution in [2.24, 2.45) is 0 Å². The van der Waals surface area contributed by atoms with Crippen LogP contribution in [0.1, 0.15) is 200 Å². The van der Waals surface area contributed by atoms with Crippen molar-refractivity contribution in [1.82, 2.24) is 0 Å². The van der Waals surface area contributed by atoms with Gasteiger partial charge in [-0.05, 0) is 63.9 Å². The Morgan fingerprint density at radius 3 is 1.49 bits per heavy atom. The van der Waals surface area contributed by atoms with Gasteiger partial charge in [0, 0.05) is 19.3 Å². The van der Waals surface area contributed by atoms with Gasteiger partial charge >= 0.3 is 19.8 Å². The minimum Gasteiger partial charge on any atom is -0.462 e. The molecule has 308 valence electrons. The van der Waals surface area contributed by atoms with E-state index >= 15 is 0 Å². The summed E-state index contributed by atoms with van der Waals surface area (Å²) in [5.41, 5.74) is 0. The first kappa shape index (κ1) is 50.9. The van der Waals surface area contributed by atoms with Crippen molar-refractivity contribution in [2.75, 3.05) is 13.2 Å². The number of ether oxygens (including phenoxy) is 2. The number of unbranched alkanes of at least 4 members (excludes halogenated alkanes) is 22. The van der Waals surface area contributed by atoms with E-state index < -0.39 is 32.5 Å². The zero-order valence-corrected chi connectivity index (χ0v) is 34.6. The lowest BCUT2D eigenvalue weighted by Gasteiger charge is -2.18. The highest BCUT2D eigenvalue weighted by molar-refractivity contribution is 7.46. The number of hydrogen-bond acceptors (Lipinski definition) is 7. The summed E-state index contributed by atoms with van der Waals surface area (Å²) in [5.74, 6) is -0.771. The van der Waals surface area contributed by atoms with Crippen LogP contribution in [0.15, 0.2) is 36.5 Å². The number of rotatable bonds is 39. The lowest BCUT2D eigenvalue weighted by molar-refractivity contribution is -0.161. The van der Waals surface area contributed by atoms with Gasteiger partial charge in [0.05, 0.1) is 6.61 Å². The minimum absolute atomic E-state index is 0.174. The van der Waals surface area contributed by atoms with Crippen molar-refractivity contribution in [3.05, 3.63) is 36.5 Å². The fraction of sp³-hybridized carbons (Fsp3) is 0.791. The fourth-order valence-corrected chi connectivity index (χ4v) is 6.24. The normalized spacial score (nSPS) is 12.7. The molecule has 0 fully saturated rings. The van der Waals surface area contributed by atoms with Crippen LogP contribution >= 0.6 is 7.82 Å². The second-order valence-corrected chi connectivity index (χ2v) is 15.6. The summed E-state index contributed by atoms with van der Waals surface area (Å²) >= 11 is 0. The number of phosphoric acid groups is 1. The molecule has 53 heavy (non-hydrogen) atoms. The molecule has 9 nitrogen and oxygen atoms in total. The van der Waals surface area contributed by atoms with Crippen molar-refractivity contribution >= 4 is 25.5 Å². The maximum atomic E-state index is 12.4. The highest BCUT2D eigenvalue weighted by atomic mass is 31.2. The Morgan fingerprint density at radius 2 is 0.962 bits per heavy atom. The molecule has 1 atom stereocenters. The van der Waals surface area contributed by atoms with Crippen LogP contribution in [0.2, 0.25) is 0 Å². The molecule has 0 saturated heterocycles. The third-order valence-electron chi connectivity index (χ3n) is 9.11. The first-order valence-corrected chi connectivity index (χ1v) is 22.8. The Balaban J connectivity index is 3.96. The van der Waals surface area contributed by atoms with E-state index in [1.165, 1.54) is 83.5 Å². The molecule has 0 aromatic rings. The Bertz CT molecular complexity index is 1020. The van der Waals surface area contributed by atoms with Crippen LogP contribution in [0.5, 0.6) is 0 Å². The van der Waals surface area contributed by atoms with E-state index in [1.54, 1.807) is 6.08 Å². The quantitative estimate of drug-likeness (QED) is 0.0156. The lowest BCUT2D eigenvalue weighted by Crippen LogP contribution is -2.29. The number of phosphoric ester groups is 1. The molecule has 0 heterocycles. The summed E-state index contributed by atoms with van der Waals surface area (Å²) in [5, 5.41) is 0. The number of hydrogen-bond donors (Lipinski definition) is 2. The molecule has 0 rings (SSSR count). The smallest absolute Gasteiger partial charge is 0.462 e. The highest BCUT2D eigenvalue weighted by Crippen LogP contribution is 2.36. The first-order chi connectivity index (χ1) is 25.7. The van der Waals surface area contributed by atoms with Crippen LogP contribution in [0.4, 0.5) is 0 Å². The van der Waals surface area contributed by atoms with E-state index in [-0.39, 0.29) is 25.2 Å². The molecule has 0 aliphatic carbocycles. The number of ketones is 1. The Labute approximate surface area is 323 Å². The van der Waals surface area contributed by atoms with Gasteiger partial charge in [-0.3, -0.25) is 18.9 Å². The lowest BCUT2D eigenvalue weighted by atomic mass is 10.1. The molecule has 2 N–H and O–H groups in total. The van der Waals surface area contributed by atoms with E-state index in [0.717, 1.165) is 70.6 Å². The molecule has 0 amide bonds. The molecule has 0 bridgehead atoms. The highest BCUT2D eigenvalue weighted by Gasteiger charge is 2.22. The Morgan fingerprint density at radius 1 is 0.528 bits per heavy atom. The van der Waals surface area contributed by atoms with Gasteiger partial charge in [-0.25, -0.2) is 4.57 Å². The van der Waals surface area contributed by atoms with E-state index in [4.69, 9.17) is 19.3 Å². The van der Waals surface area contributed by atoms with Crippen LogP contribution < -0.4 is 0 Å². The van der Waals surface area contributed by atoms with Crippen LogP contribution in [0.3, 0.4) is 0 Å². The van der Waals surface area contributed by atoms with Gasteiger partial charge in [0.1, 0.15) is 6.61 Å². The predicted octanol–water partition coefficient (Wildman–Crippen LogP) is 12.1. The summed E-state index contributed by atoms with van der Waals surface area (Å²) in [4.78, 5) is 54.5. The Kier molecular flexibility index (Phi) is 36.7. The molecule has 0 aromatic heterocycles. The molecule has 0 aliphatic heterocycles. The van der Waals surface area contributed by atoms with Crippen LogP contribution in [0.25, 0.3) is 0 Å². The Hall–Kier alpha value is -2.06. The number of allylic oxidation sites excluding steroid dienone is 6. The zero-order chi connectivity index (χ0) is 39.1. The molecule has 0 aromatic carbocycles. The van der Waals surface area contributed by atoms with Gasteiger partial charge in [0.15, 0.2) is 11.9 Å². The third kappa shape index (κ3) is 41.0. The van der Waals surface area contributed by atoms with E-state index in [1.807, 2.05) is 12.2 Å². The van der Waals surface area contributed by atoms with Crippen LogP contribution in [-0.4, -0.2) is 46.8 Å². The molecule has 10 heteroatoms. The number of carbonyl (C=O) groups excluding carboxylic acids is 3. The SMILES string of the molecule is CCCCCCCC/C=C\CCCCCCCCCCCC(=O)O[C@H](COC(=O)CCCCCCC/C=C\C=C\C(=O)CCCCC)COP(=O)(O)O. The fourth-order valence-electron chi connectivity index (χ4n) is 5.88. The van der Waals surface area contributed by atoms with Crippen molar-refractivity contribution in [3.63, 3.8) is 0 Å². The van der Waals surface area contributed by atoms with Gasteiger partial charge in [0.2, 0.25) is 0 Å². The molecule has 0 unspecified atom stereocenters. The van der Waals surface area contributed by atoms with E-state index in [0.29, 0.717) is 19.3 Å². The molecule has 0 spiro atoms. The average Bonchev–Trinajstić information content (AvgIpc) is 3.12. The number of esters is 2. The maximum absolute atomic E-state index is 12.4. The molecular weight excluding hydrogens is 691 g/mol. The summed E-state index contributed by atoms with van der Waals surface area (Å²) in [6.07, 6.45) is 41.3. The summed E-state index contributed by atoms with van der Waals surface area (Å²) in [7, 11) is -4.77. The molecule has 0 aliphatic rings. The summed E-state index contributed by atoms with van der Waals surface area (Å²) < 4.78 is 26.3. The monoisotopic (exact) mass is 769 g/mol. The van der Waals surface area contributed by atoms with Crippen molar-refractivity contribution in [3.8, 4) is 0 Å². The van der Waals surface area contributed by atoms with E-state index in [2.05, 4.69) is 36.6 Å². The van der Waals surface area contributed by atoms with Crippen LogP contribution in [0, 0.1) is 0 Å². The molecular formula is C43H77O9P. The van der Waals surface area contributed by atoms with Gasteiger partial charge in [0.25, 0.3) is 0 Å². The van der Waals surface area contributed by atoms with Gasteiger partial charge in [-0.15, -0.1) is 0 Å². The zero-order valence-electron chi connectivity index (χ0n) is 33.7. The maximum Gasteiger partial charge on any atom is 0.469 e. The average molecular weight is 769 g/mol. The van der Waals surface area contributed by atoms with Gasteiger partial charge in [-0.1, -0.05) is 153 Å². The third-order valence-corrected chi connectivity index (χ3v) is 9.59. The molecule has 0 saturated carbocycles. The molecule has 0 radical (unpaired) electrons. The topological polar surface area (TPSA) is 136 Å². The largest absolute Gasteiger partial charge is 0.469 e.